The number of rotatable bonds is 3. The second-order valence-corrected chi connectivity index (χ2v) is 5.47. The lowest BCUT2D eigenvalue weighted by Crippen LogP contribution is -2.12. The van der Waals surface area contributed by atoms with Crippen molar-refractivity contribution in [3.8, 4) is 0 Å². The van der Waals surface area contributed by atoms with Crippen molar-refractivity contribution in [2.24, 2.45) is 0 Å². The van der Waals surface area contributed by atoms with Crippen molar-refractivity contribution >= 4 is 44.9 Å². The van der Waals surface area contributed by atoms with E-state index in [1.807, 2.05) is 25.1 Å². The van der Waals surface area contributed by atoms with Gasteiger partial charge >= 0.3 is 0 Å². The van der Waals surface area contributed by atoms with Crippen molar-refractivity contribution < 1.29 is 4.79 Å². The molecule has 0 aliphatic heterocycles. The molecule has 2 aromatic rings. The molecule has 0 fully saturated rings. The van der Waals surface area contributed by atoms with Crippen LogP contribution in [0.2, 0.25) is 5.15 Å². The van der Waals surface area contributed by atoms with Gasteiger partial charge in [-0.15, -0.1) is 0 Å². The average Bonchev–Trinajstić information content (AvgIpc) is 2.42. The molecule has 1 aromatic heterocycles. The van der Waals surface area contributed by atoms with Gasteiger partial charge < -0.3 is 10.6 Å². The number of hydrogen-bond acceptors (Lipinski definition) is 3. The largest absolute Gasteiger partial charge is 0.373 e. The van der Waals surface area contributed by atoms with Crippen LogP contribution in [-0.4, -0.2) is 17.9 Å². The van der Waals surface area contributed by atoms with Crippen molar-refractivity contribution in [2.45, 2.75) is 6.92 Å². The first kappa shape index (κ1) is 14.8. The Kier molecular flexibility index (Phi) is 4.62. The quantitative estimate of drug-likeness (QED) is 0.816. The van der Waals surface area contributed by atoms with Crippen LogP contribution >= 0.6 is 27.5 Å². The van der Waals surface area contributed by atoms with Gasteiger partial charge in [0.05, 0.1) is 0 Å². The smallest absolute Gasteiger partial charge is 0.255 e. The number of aryl methyl sites for hydroxylation is 1. The third kappa shape index (κ3) is 3.49. The summed E-state index contributed by atoms with van der Waals surface area (Å²) >= 11 is 9.31. The molecule has 1 aromatic carbocycles. The molecular formula is C14H13BrClN3O. The normalized spacial score (nSPS) is 10.2. The van der Waals surface area contributed by atoms with Gasteiger partial charge in [-0.2, -0.15) is 0 Å². The molecule has 0 aliphatic rings. The molecule has 20 heavy (non-hydrogen) atoms. The molecule has 0 bridgehead atoms. The highest BCUT2D eigenvalue weighted by Gasteiger charge is 2.10. The Balaban J connectivity index is 2.23. The molecule has 0 atom stereocenters. The number of carbonyl (C=O) groups excluding carboxylic acids is 1. The molecule has 2 rings (SSSR count). The Labute approximate surface area is 130 Å². The predicted molar refractivity (Wildman–Crippen MR) is 85.6 cm³/mol. The summed E-state index contributed by atoms with van der Waals surface area (Å²) in [7, 11) is 1.72. The van der Waals surface area contributed by atoms with E-state index in [4.69, 9.17) is 11.6 Å². The third-order valence-electron chi connectivity index (χ3n) is 2.73. The minimum absolute atomic E-state index is 0.229. The highest BCUT2D eigenvalue weighted by atomic mass is 79.9. The van der Waals surface area contributed by atoms with Gasteiger partial charge in [-0.25, -0.2) is 4.98 Å². The highest BCUT2D eigenvalue weighted by molar-refractivity contribution is 9.10. The lowest BCUT2D eigenvalue weighted by Gasteiger charge is -2.08. The number of amides is 1. The van der Waals surface area contributed by atoms with Crippen LogP contribution in [0, 0.1) is 6.92 Å². The monoisotopic (exact) mass is 353 g/mol. The minimum Gasteiger partial charge on any atom is -0.373 e. The Hall–Kier alpha value is -1.59. The van der Waals surface area contributed by atoms with Crippen molar-refractivity contribution in [2.75, 3.05) is 17.7 Å². The van der Waals surface area contributed by atoms with E-state index in [2.05, 4.69) is 31.5 Å². The van der Waals surface area contributed by atoms with Gasteiger partial charge in [-0.1, -0.05) is 27.5 Å². The predicted octanol–water partition coefficient (Wildman–Crippen LogP) is 4.10. The zero-order valence-electron chi connectivity index (χ0n) is 11.0. The number of benzene rings is 1. The van der Waals surface area contributed by atoms with Crippen LogP contribution in [0.25, 0.3) is 0 Å². The van der Waals surface area contributed by atoms with Crippen molar-refractivity contribution in [3.63, 3.8) is 0 Å². The minimum atomic E-state index is -0.229. The Morgan fingerprint density at radius 1 is 1.30 bits per heavy atom. The molecule has 0 aliphatic carbocycles. The van der Waals surface area contributed by atoms with Crippen LogP contribution in [0.3, 0.4) is 0 Å². The van der Waals surface area contributed by atoms with Crippen molar-refractivity contribution in [1.82, 2.24) is 4.98 Å². The molecule has 0 radical (unpaired) electrons. The number of carbonyl (C=O) groups is 1. The summed E-state index contributed by atoms with van der Waals surface area (Å²) in [5.74, 6) is 0.321. The van der Waals surface area contributed by atoms with E-state index in [-0.39, 0.29) is 11.1 Å². The standard InChI is InChI=1S/C14H13BrClN3O/c1-8-5-10(3-4-11(8)15)18-14(20)9-6-12(16)19-13(7-9)17-2/h3-7H,1-2H3,(H,17,19)(H,18,20). The zero-order valence-corrected chi connectivity index (χ0v) is 13.3. The van der Waals surface area contributed by atoms with Crippen LogP contribution in [0.15, 0.2) is 34.8 Å². The second-order valence-electron chi connectivity index (χ2n) is 4.23. The number of anilines is 2. The Bertz CT molecular complexity index is 661. The van der Waals surface area contributed by atoms with Crippen LogP contribution in [0.5, 0.6) is 0 Å². The van der Waals surface area contributed by atoms with Crippen LogP contribution < -0.4 is 10.6 Å². The summed E-state index contributed by atoms with van der Waals surface area (Å²) in [4.78, 5) is 16.2. The van der Waals surface area contributed by atoms with E-state index in [0.717, 1.165) is 15.7 Å². The summed E-state index contributed by atoms with van der Waals surface area (Å²) in [6, 6.07) is 8.79. The number of nitrogens with one attached hydrogen (secondary N) is 2. The first-order valence-corrected chi connectivity index (χ1v) is 7.09. The molecule has 0 unspecified atom stereocenters. The molecule has 6 heteroatoms. The Morgan fingerprint density at radius 2 is 2.05 bits per heavy atom. The lowest BCUT2D eigenvalue weighted by molar-refractivity contribution is 0.102. The fourth-order valence-corrected chi connectivity index (χ4v) is 2.14. The SMILES string of the molecule is CNc1cc(C(=O)Nc2ccc(Br)c(C)c2)cc(Cl)n1. The van der Waals surface area contributed by atoms with Gasteiger partial charge in [0.2, 0.25) is 0 Å². The summed E-state index contributed by atoms with van der Waals surface area (Å²) in [5, 5.41) is 5.96. The maximum atomic E-state index is 12.2. The van der Waals surface area contributed by atoms with Crippen molar-refractivity contribution in [1.29, 1.82) is 0 Å². The van der Waals surface area contributed by atoms with E-state index < -0.39 is 0 Å². The molecular weight excluding hydrogens is 342 g/mol. The highest BCUT2D eigenvalue weighted by Crippen LogP contribution is 2.21. The molecule has 4 nitrogen and oxygen atoms in total. The van der Waals surface area contributed by atoms with Crippen LogP contribution in [0.4, 0.5) is 11.5 Å². The van der Waals surface area contributed by atoms with E-state index in [1.165, 1.54) is 6.07 Å². The number of aromatic nitrogens is 1. The maximum absolute atomic E-state index is 12.2. The van der Waals surface area contributed by atoms with Crippen LogP contribution in [-0.2, 0) is 0 Å². The molecule has 1 amide bonds. The fraction of sp³-hybridized carbons (Fsp3) is 0.143. The summed E-state index contributed by atoms with van der Waals surface area (Å²) in [6.07, 6.45) is 0. The van der Waals surface area contributed by atoms with Crippen molar-refractivity contribution in [3.05, 3.63) is 51.1 Å². The number of pyridine rings is 1. The summed E-state index contributed by atoms with van der Waals surface area (Å²) < 4.78 is 1.000. The third-order valence-corrected chi connectivity index (χ3v) is 3.81. The van der Waals surface area contributed by atoms with Gasteiger partial charge in [0.15, 0.2) is 0 Å². The number of halogens is 2. The van der Waals surface area contributed by atoms with Gasteiger partial charge in [0.1, 0.15) is 11.0 Å². The number of nitrogens with zero attached hydrogens (tertiary/aromatic N) is 1. The molecule has 0 spiro atoms. The van der Waals surface area contributed by atoms with E-state index in [0.29, 0.717) is 11.4 Å². The molecule has 0 saturated heterocycles. The first-order valence-electron chi connectivity index (χ1n) is 5.92. The molecule has 104 valence electrons. The average molecular weight is 355 g/mol. The van der Waals surface area contributed by atoms with Gasteiger partial charge in [0.25, 0.3) is 5.91 Å². The van der Waals surface area contributed by atoms with E-state index in [1.54, 1.807) is 13.1 Å². The molecule has 0 saturated carbocycles. The van der Waals surface area contributed by atoms with E-state index >= 15 is 0 Å². The zero-order chi connectivity index (χ0) is 14.7. The van der Waals surface area contributed by atoms with Gasteiger partial charge in [-0.3, -0.25) is 4.79 Å². The molecule has 2 N–H and O–H groups in total. The Morgan fingerprint density at radius 3 is 2.70 bits per heavy atom. The topological polar surface area (TPSA) is 54.0 Å². The first-order chi connectivity index (χ1) is 9.49. The lowest BCUT2D eigenvalue weighted by atomic mass is 10.2. The number of hydrogen-bond donors (Lipinski definition) is 2. The van der Waals surface area contributed by atoms with Gasteiger partial charge in [0, 0.05) is 22.8 Å². The van der Waals surface area contributed by atoms with Gasteiger partial charge in [-0.05, 0) is 42.8 Å². The summed E-state index contributed by atoms with van der Waals surface area (Å²) in [6.45, 7) is 1.96. The summed E-state index contributed by atoms with van der Waals surface area (Å²) in [5.41, 5.74) is 2.23. The second kappa shape index (κ2) is 6.24. The van der Waals surface area contributed by atoms with E-state index in [9.17, 15) is 4.79 Å². The maximum Gasteiger partial charge on any atom is 0.255 e. The fourth-order valence-electron chi connectivity index (χ4n) is 1.68. The van der Waals surface area contributed by atoms with Crippen LogP contribution in [0.1, 0.15) is 15.9 Å². The molecule has 1 heterocycles.